The van der Waals surface area contributed by atoms with Gasteiger partial charge in [-0.3, -0.25) is 0 Å². The maximum Gasteiger partial charge on any atom is 0.335 e. The molecule has 0 N–H and O–H groups in total. The first-order chi connectivity index (χ1) is 8.55. The topological polar surface area (TPSA) is 35.5 Å². The number of carbonyl (C=O) groups excluding carboxylic acids is 1. The third-order valence-electron chi connectivity index (χ3n) is 2.49. The molecule has 3 heteroatoms. The monoisotopic (exact) mass is 272 g/mol. The third-order valence-corrected chi connectivity index (χ3v) is 2.49. The van der Waals surface area contributed by atoms with Gasteiger partial charge in [0.1, 0.15) is 5.60 Å². The van der Waals surface area contributed by atoms with Gasteiger partial charge < -0.3 is 9.47 Å². The molecule has 19 heavy (non-hydrogen) atoms. The highest BCUT2D eigenvalue weighted by Gasteiger charge is 2.29. The molecule has 0 aromatic carbocycles. The Morgan fingerprint density at radius 1 is 0.947 bits per heavy atom. The standard InChI is InChI=1S/C16H32O3/c1-8-9-10-11-12-13(18-15(2,3)4)14(17)19-16(5,6)7/h13H,8-12H2,1-7H3. The summed E-state index contributed by atoms with van der Waals surface area (Å²) in [4.78, 5) is 12.2. The number of hydrogen-bond acceptors (Lipinski definition) is 3. The van der Waals surface area contributed by atoms with Gasteiger partial charge in [-0.05, 0) is 48.0 Å². The molecule has 0 bridgehead atoms. The maximum atomic E-state index is 12.2. The molecule has 114 valence electrons. The summed E-state index contributed by atoms with van der Waals surface area (Å²) in [6, 6.07) is 0. The Morgan fingerprint density at radius 2 is 1.53 bits per heavy atom. The molecule has 0 fully saturated rings. The van der Waals surface area contributed by atoms with Crippen molar-refractivity contribution in [3.05, 3.63) is 0 Å². The summed E-state index contributed by atoms with van der Waals surface area (Å²) in [6.07, 6.45) is 4.84. The van der Waals surface area contributed by atoms with Crippen LogP contribution in [0.1, 0.15) is 80.6 Å². The molecule has 0 radical (unpaired) electrons. The summed E-state index contributed by atoms with van der Waals surface area (Å²) in [5.74, 6) is -0.237. The minimum atomic E-state index is -0.458. The van der Waals surface area contributed by atoms with E-state index in [1.54, 1.807) is 0 Å². The minimum Gasteiger partial charge on any atom is -0.458 e. The van der Waals surface area contributed by atoms with E-state index in [0.717, 1.165) is 19.3 Å². The molecule has 0 saturated carbocycles. The van der Waals surface area contributed by atoms with E-state index in [1.165, 1.54) is 12.8 Å². The minimum absolute atomic E-state index is 0.237. The van der Waals surface area contributed by atoms with Gasteiger partial charge in [-0.1, -0.05) is 32.6 Å². The Morgan fingerprint density at radius 3 is 1.95 bits per heavy atom. The van der Waals surface area contributed by atoms with E-state index >= 15 is 0 Å². The molecular weight excluding hydrogens is 240 g/mol. The van der Waals surface area contributed by atoms with Crippen molar-refractivity contribution in [3.8, 4) is 0 Å². The van der Waals surface area contributed by atoms with Gasteiger partial charge in [0.25, 0.3) is 0 Å². The average molecular weight is 272 g/mol. The van der Waals surface area contributed by atoms with Gasteiger partial charge >= 0.3 is 5.97 Å². The lowest BCUT2D eigenvalue weighted by Crippen LogP contribution is -2.38. The molecule has 0 rings (SSSR count). The van der Waals surface area contributed by atoms with Gasteiger partial charge in [0.05, 0.1) is 5.60 Å². The number of hydrogen-bond donors (Lipinski definition) is 0. The first kappa shape index (κ1) is 18.4. The van der Waals surface area contributed by atoms with Crippen LogP contribution in [-0.4, -0.2) is 23.3 Å². The number of carbonyl (C=O) groups is 1. The largest absolute Gasteiger partial charge is 0.458 e. The molecule has 1 atom stereocenters. The molecule has 0 amide bonds. The number of rotatable bonds is 7. The molecule has 0 saturated heterocycles. The van der Waals surface area contributed by atoms with Crippen molar-refractivity contribution in [1.29, 1.82) is 0 Å². The summed E-state index contributed by atoms with van der Waals surface area (Å²) in [5.41, 5.74) is -0.785. The Labute approximate surface area is 119 Å². The molecule has 0 spiro atoms. The van der Waals surface area contributed by atoms with E-state index in [1.807, 2.05) is 41.5 Å². The zero-order valence-electron chi connectivity index (χ0n) is 13.8. The van der Waals surface area contributed by atoms with E-state index in [-0.39, 0.29) is 11.6 Å². The molecular formula is C16H32O3. The number of esters is 1. The molecule has 3 nitrogen and oxygen atoms in total. The van der Waals surface area contributed by atoms with Crippen LogP contribution in [0.2, 0.25) is 0 Å². The van der Waals surface area contributed by atoms with Gasteiger partial charge in [0.15, 0.2) is 6.10 Å². The predicted molar refractivity (Wildman–Crippen MR) is 79.2 cm³/mol. The first-order valence-electron chi connectivity index (χ1n) is 7.46. The molecule has 0 aliphatic carbocycles. The lowest BCUT2D eigenvalue weighted by Gasteiger charge is -2.29. The van der Waals surface area contributed by atoms with Gasteiger partial charge in [-0.25, -0.2) is 4.79 Å². The third kappa shape index (κ3) is 11.0. The van der Waals surface area contributed by atoms with Crippen molar-refractivity contribution in [2.24, 2.45) is 0 Å². The highest BCUT2D eigenvalue weighted by molar-refractivity contribution is 5.75. The van der Waals surface area contributed by atoms with E-state index in [0.29, 0.717) is 0 Å². The SMILES string of the molecule is CCCCCCC(OC(C)(C)C)C(=O)OC(C)(C)C. The van der Waals surface area contributed by atoms with Crippen molar-refractivity contribution in [2.45, 2.75) is 97.9 Å². The van der Waals surface area contributed by atoms with Crippen LogP contribution < -0.4 is 0 Å². The van der Waals surface area contributed by atoms with Crippen LogP contribution in [-0.2, 0) is 14.3 Å². The quantitative estimate of drug-likeness (QED) is 0.506. The fraction of sp³-hybridized carbons (Fsp3) is 0.938. The first-order valence-corrected chi connectivity index (χ1v) is 7.46. The Hall–Kier alpha value is -0.570. The summed E-state index contributed by atoms with van der Waals surface area (Å²) in [7, 11) is 0. The molecule has 0 aliphatic heterocycles. The van der Waals surface area contributed by atoms with E-state index in [9.17, 15) is 4.79 Å². The van der Waals surface area contributed by atoms with Crippen LogP contribution in [0, 0.1) is 0 Å². The second-order valence-electron chi connectivity index (χ2n) is 7.10. The van der Waals surface area contributed by atoms with Gasteiger partial charge in [-0.15, -0.1) is 0 Å². The van der Waals surface area contributed by atoms with Crippen molar-refractivity contribution in [1.82, 2.24) is 0 Å². The lowest BCUT2D eigenvalue weighted by atomic mass is 10.1. The zero-order chi connectivity index (χ0) is 15.1. The van der Waals surface area contributed by atoms with Crippen LogP contribution >= 0.6 is 0 Å². The second kappa shape index (κ2) is 7.88. The van der Waals surface area contributed by atoms with Gasteiger partial charge in [-0.2, -0.15) is 0 Å². The molecule has 0 aliphatic rings. The normalized spacial score (nSPS) is 14.3. The fourth-order valence-corrected chi connectivity index (χ4v) is 1.78. The van der Waals surface area contributed by atoms with Crippen molar-refractivity contribution in [2.75, 3.05) is 0 Å². The summed E-state index contributed by atoms with van der Waals surface area (Å²) in [6.45, 7) is 13.7. The molecule has 1 unspecified atom stereocenters. The van der Waals surface area contributed by atoms with Crippen LogP contribution in [0.4, 0.5) is 0 Å². The van der Waals surface area contributed by atoms with Crippen LogP contribution in [0.15, 0.2) is 0 Å². The molecule has 0 aromatic heterocycles. The Kier molecular flexibility index (Phi) is 7.65. The van der Waals surface area contributed by atoms with Crippen molar-refractivity contribution in [3.63, 3.8) is 0 Å². The highest BCUT2D eigenvalue weighted by Crippen LogP contribution is 2.19. The van der Waals surface area contributed by atoms with E-state index in [4.69, 9.17) is 9.47 Å². The maximum absolute atomic E-state index is 12.2. The van der Waals surface area contributed by atoms with E-state index < -0.39 is 11.7 Å². The Bertz CT molecular complexity index is 258. The average Bonchev–Trinajstić information content (AvgIpc) is 2.18. The molecule has 0 heterocycles. The highest BCUT2D eigenvalue weighted by atomic mass is 16.6. The summed E-state index contributed by atoms with van der Waals surface area (Å²) in [5, 5.41) is 0. The van der Waals surface area contributed by atoms with Gasteiger partial charge in [0, 0.05) is 0 Å². The number of unbranched alkanes of at least 4 members (excludes halogenated alkanes) is 3. The van der Waals surface area contributed by atoms with Crippen LogP contribution in [0.25, 0.3) is 0 Å². The smallest absolute Gasteiger partial charge is 0.335 e. The van der Waals surface area contributed by atoms with Crippen molar-refractivity contribution >= 4 is 5.97 Å². The zero-order valence-corrected chi connectivity index (χ0v) is 13.8. The lowest BCUT2D eigenvalue weighted by molar-refractivity contribution is -0.178. The fourth-order valence-electron chi connectivity index (χ4n) is 1.78. The van der Waals surface area contributed by atoms with E-state index in [2.05, 4.69) is 6.92 Å². The second-order valence-corrected chi connectivity index (χ2v) is 7.10. The Balaban J connectivity index is 4.44. The molecule has 0 aromatic rings. The van der Waals surface area contributed by atoms with Crippen LogP contribution in [0.5, 0.6) is 0 Å². The summed E-state index contributed by atoms with van der Waals surface area (Å²) < 4.78 is 11.3. The number of ether oxygens (including phenoxy) is 2. The van der Waals surface area contributed by atoms with Gasteiger partial charge in [0.2, 0.25) is 0 Å². The van der Waals surface area contributed by atoms with Crippen LogP contribution in [0.3, 0.4) is 0 Å². The summed E-state index contributed by atoms with van der Waals surface area (Å²) >= 11 is 0. The van der Waals surface area contributed by atoms with Crippen molar-refractivity contribution < 1.29 is 14.3 Å². The predicted octanol–water partition coefficient (Wildman–Crippen LogP) is 4.48.